The first-order valence-corrected chi connectivity index (χ1v) is 9.01. The average Bonchev–Trinajstić information content (AvgIpc) is 3.32. The van der Waals surface area contributed by atoms with Crippen molar-refractivity contribution in [3.05, 3.63) is 71.7 Å². The Morgan fingerprint density at radius 2 is 1.79 bits per heavy atom. The zero-order chi connectivity index (χ0) is 19.7. The molecule has 0 saturated heterocycles. The van der Waals surface area contributed by atoms with Crippen molar-refractivity contribution in [2.24, 2.45) is 0 Å². The summed E-state index contributed by atoms with van der Waals surface area (Å²) in [6, 6.07) is 15.0. The number of amides is 1. The maximum atomic E-state index is 12.0. The van der Waals surface area contributed by atoms with Crippen LogP contribution in [0.4, 0.5) is 5.69 Å². The molecule has 0 bridgehead atoms. The molecule has 0 aliphatic carbocycles. The van der Waals surface area contributed by atoms with E-state index in [1.54, 1.807) is 16.9 Å². The van der Waals surface area contributed by atoms with Crippen LogP contribution in [0, 0.1) is 13.8 Å². The summed E-state index contributed by atoms with van der Waals surface area (Å²) >= 11 is 5.24. The summed E-state index contributed by atoms with van der Waals surface area (Å²) in [5.41, 5.74) is 5.22. The quantitative estimate of drug-likeness (QED) is 0.517. The molecule has 0 saturated carbocycles. The van der Waals surface area contributed by atoms with Gasteiger partial charge in [-0.3, -0.25) is 10.1 Å². The molecule has 0 atom stereocenters. The lowest BCUT2D eigenvalue weighted by Crippen LogP contribution is -2.34. The zero-order valence-corrected chi connectivity index (χ0v) is 16.1. The number of anilines is 1. The summed E-state index contributed by atoms with van der Waals surface area (Å²) in [6.45, 7) is 3.97. The van der Waals surface area contributed by atoms with Gasteiger partial charge in [0.05, 0.1) is 12.0 Å². The molecule has 28 heavy (non-hydrogen) atoms. The third kappa shape index (κ3) is 3.63. The highest BCUT2D eigenvalue weighted by atomic mass is 32.1. The molecule has 2 aromatic heterocycles. The van der Waals surface area contributed by atoms with Crippen LogP contribution >= 0.6 is 12.2 Å². The number of aromatic nitrogens is 3. The van der Waals surface area contributed by atoms with Gasteiger partial charge < -0.3 is 9.73 Å². The van der Waals surface area contributed by atoms with Crippen LogP contribution in [0.5, 0.6) is 0 Å². The number of thiocarbonyl (C=S) groups is 1. The molecule has 1 amide bonds. The molecule has 8 heteroatoms. The monoisotopic (exact) mass is 391 g/mol. The number of benzene rings is 2. The molecule has 4 aromatic rings. The van der Waals surface area contributed by atoms with Gasteiger partial charge in [0.15, 0.2) is 10.9 Å². The van der Waals surface area contributed by atoms with Crippen LogP contribution in [-0.4, -0.2) is 26.0 Å². The number of aryl methyl sites for hydroxylation is 2. The molecule has 140 valence electrons. The minimum Gasteiger partial charge on any atom is -0.459 e. The second-order valence-electron chi connectivity index (χ2n) is 6.37. The van der Waals surface area contributed by atoms with Crippen molar-refractivity contribution in [2.75, 3.05) is 5.32 Å². The Morgan fingerprint density at radius 3 is 2.46 bits per heavy atom. The third-order valence-corrected chi connectivity index (χ3v) is 4.42. The van der Waals surface area contributed by atoms with Gasteiger partial charge in [0.25, 0.3) is 5.91 Å². The number of nitrogens with zero attached hydrogens (tertiary/aromatic N) is 3. The van der Waals surface area contributed by atoms with Crippen molar-refractivity contribution in [1.29, 1.82) is 0 Å². The summed E-state index contributed by atoms with van der Waals surface area (Å²) in [7, 11) is 0. The smallest absolute Gasteiger partial charge is 0.293 e. The van der Waals surface area contributed by atoms with Crippen LogP contribution in [0.2, 0.25) is 0 Å². The highest BCUT2D eigenvalue weighted by Gasteiger charge is 2.13. The number of carbonyl (C=O) groups excluding carboxylic acids is 1. The first-order valence-electron chi connectivity index (χ1n) is 8.60. The fourth-order valence-electron chi connectivity index (χ4n) is 2.72. The molecule has 0 aliphatic rings. The molecule has 0 aliphatic heterocycles. The van der Waals surface area contributed by atoms with E-state index in [0.717, 1.165) is 22.5 Å². The van der Waals surface area contributed by atoms with E-state index in [4.69, 9.17) is 16.6 Å². The van der Waals surface area contributed by atoms with Crippen LogP contribution in [0.1, 0.15) is 21.7 Å². The SMILES string of the molecule is Cc1ccc(-n2nc3cc(C)c(NC(=S)NC(=O)c4ccco4)cc3n2)cc1. The lowest BCUT2D eigenvalue weighted by atomic mass is 10.2. The Balaban J connectivity index is 1.56. The maximum absolute atomic E-state index is 12.0. The molecule has 0 spiro atoms. The minimum atomic E-state index is -0.411. The fourth-order valence-corrected chi connectivity index (χ4v) is 2.92. The Kier molecular flexibility index (Phi) is 4.62. The fraction of sp³-hybridized carbons (Fsp3) is 0.100. The van der Waals surface area contributed by atoms with Crippen LogP contribution in [0.15, 0.2) is 59.2 Å². The molecule has 0 radical (unpaired) electrons. The Labute approximate surface area is 166 Å². The van der Waals surface area contributed by atoms with Crippen LogP contribution in [0.25, 0.3) is 16.7 Å². The van der Waals surface area contributed by atoms with Crippen molar-refractivity contribution in [1.82, 2.24) is 20.3 Å². The average molecular weight is 391 g/mol. The Bertz CT molecular complexity index is 1160. The van der Waals surface area contributed by atoms with E-state index >= 15 is 0 Å². The Morgan fingerprint density at radius 1 is 1.07 bits per heavy atom. The molecule has 0 fully saturated rings. The number of furan rings is 1. The standard InChI is InChI=1S/C20H17N5O2S/c1-12-5-7-14(8-6-12)25-23-16-10-13(2)15(11-17(16)24-25)21-20(28)22-19(26)18-4-3-9-27-18/h3-11H,1-2H3,(H2,21,22,26,28). The van der Waals surface area contributed by atoms with Gasteiger partial charge in [-0.05, 0) is 68.0 Å². The summed E-state index contributed by atoms with van der Waals surface area (Å²) in [4.78, 5) is 13.6. The van der Waals surface area contributed by atoms with Gasteiger partial charge in [0, 0.05) is 5.69 Å². The first kappa shape index (κ1) is 17.9. The van der Waals surface area contributed by atoms with Crippen LogP contribution < -0.4 is 10.6 Å². The highest BCUT2D eigenvalue weighted by Crippen LogP contribution is 2.22. The third-order valence-electron chi connectivity index (χ3n) is 4.21. The van der Waals surface area contributed by atoms with E-state index in [0.29, 0.717) is 5.52 Å². The summed E-state index contributed by atoms with van der Waals surface area (Å²) in [5.74, 6) is -0.219. The van der Waals surface area contributed by atoms with Gasteiger partial charge >= 0.3 is 0 Å². The van der Waals surface area contributed by atoms with Crippen molar-refractivity contribution in [3.8, 4) is 5.69 Å². The highest BCUT2D eigenvalue weighted by molar-refractivity contribution is 7.80. The van der Waals surface area contributed by atoms with Gasteiger partial charge in [-0.15, -0.1) is 10.2 Å². The van der Waals surface area contributed by atoms with Gasteiger partial charge in [0.1, 0.15) is 11.0 Å². The van der Waals surface area contributed by atoms with E-state index in [9.17, 15) is 4.79 Å². The zero-order valence-electron chi connectivity index (χ0n) is 15.3. The van der Waals surface area contributed by atoms with Crippen molar-refractivity contribution in [2.45, 2.75) is 13.8 Å². The summed E-state index contributed by atoms with van der Waals surface area (Å²) in [5, 5.41) is 14.9. The second-order valence-corrected chi connectivity index (χ2v) is 6.77. The normalized spacial score (nSPS) is 10.8. The first-order chi connectivity index (χ1) is 13.5. The molecule has 4 rings (SSSR count). The van der Waals surface area contributed by atoms with Crippen molar-refractivity contribution >= 4 is 40.0 Å². The van der Waals surface area contributed by atoms with E-state index in [1.165, 1.54) is 11.8 Å². The van der Waals surface area contributed by atoms with E-state index in [-0.39, 0.29) is 10.9 Å². The molecular weight excluding hydrogens is 374 g/mol. The van der Waals surface area contributed by atoms with E-state index in [1.807, 2.05) is 50.2 Å². The molecule has 2 N–H and O–H groups in total. The lowest BCUT2D eigenvalue weighted by molar-refractivity contribution is 0.0950. The number of rotatable bonds is 3. The van der Waals surface area contributed by atoms with E-state index in [2.05, 4.69) is 20.8 Å². The number of hydrogen-bond donors (Lipinski definition) is 2. The number of hydrogen-bond acceptors (Lipinski definition) is 5. The van der Waals surface area contributed by atoms with Gasteiger partial charge in [-0.25, -0.2) is 0 Å². The molecule has 2 aromatic carbocycles. The molecular formula is C20H17N5O2S. The summed E-state index contributed by atoms with van der Waals surface area (Å²) in [6.07, 6.45) is 1.43. The molecule has 0 unspecified atom stereocenters. The molecule has 2 heterocycles. The minimum absolute atomic E-state index is 0.176. The Hall–Kier alpha value is -3.52. The van der Waals surface area contributed by atoms with Crippen LogP contribution in [-0.2, 0) is 0 Å². The van der Waals surface area contributed by atoms with Gasteiger partial charge in [-0.2, -0.15) is 4.80 Å². The number of carbonyl (C=O) groups is 1. The topological polar surface area (TPSA) is 85.0 Å². The number of fused-ring (bicyclic) bond motifs is 1. The van der Waals surface area contributed by atoms with Crippen LogP contribution in [0.3, 0.4) is 0 Å². The largest absolute Gasteiger partial charge is 0.459 e. The molecule has 7 nitrogen and oxygen atoms in total. The van der Waals surface area contributed by atoms with E-state index < -0.39 is 5.91 Å². The number of nitrogens with one attached hydrogen (secondary N) is 2. The lowest BCUT2D eigenvalue weighted by Gasteiger charge is -2.10. The predicted octanol–water partition coefficient (Wildman–Crippen LogP) is 3.76. The van der Waals surface area contributed by atoms with Crippen molar-refractivity contribution in [3.63, 3.8) is 0 Å². The van der Waals surface area contributed by atoms with Gasteiger partial charge in [0.2, 0.25) is 0 Å². The maximum Gasteiger partial charge on any atom is 0.293 e. The van der Waals surface area contributed by atoms with Gasteiger partial charge in [-0.1, -0.05) is 17.7 Å². The predicted molar refractivity (Wildman–Crippen MR) is 111 cm³/mol. The van der Waals surface area contributed by atoms with Crippen molar-refractivity contribution < 1.29 is 9.21 Å². The second kappa shape index (κ2) is 7.24. The summed E-state index contributed by atoms with van der Waals surface area (Å²) < 4.78 is 5.06.